The van der Waals surface area contributed by atoms with E-state index in [0.29, 0.717) is 38.7 Å². The van der Waals surface area contributed by atoms with Crippen molar-refractivity contribution in [3.05, 3.63) is 83.4 Å². The van der Waals surface area contributed by atoms with Crippen LogP contribution in [-0.4, -0.2) is 22.9 Å². The summed E-state index contributed by atoms with van der Waals surface area (Å²) in [6, 6.07) is 15.3. The molecule has 0 saturated heterocycles. The van der Waals surface area contributed by atoms with E-state index in [1.54, 1.807) is 31.4 Å². The summed E-state index contributed by atoms with van der Waals surface area (Å²) in [7, 11) is 1.56. The van der Waals surface area contributed by atoms with Gasteiger partial charge < -0.3 is 10.6 Å². The van der Waals surface area contributed by atoms with Crippen LogP contribution in [-0.2, 0) is 0 Å². The van der Waals surface area contributed by atoms with Crippen molar-refractivity contribution in [2.75, 3.05) is 12.4 Å². The van der Waals surface area contributed by atoms with Gasteiger partial charge in [-0.1, -0.05) is 29.8 Å². The molecule has 0 spiro atoms. The number of rotatable bonds is 4. The molecule has 7 heteroatoms. The second-order valence-electron chi connectivity index (χ2n) is 6.32. The number of para-hydroxylation sites is 1. The summed E-state index contributed by atoms with van der Waals surface area (Å²) in [5.74, 6) is -0.682. The van der Waals surface area contributed by atoms with Gasteiger partial charge in [-0.25, -0.2) is 9.37 Å². The van der Waals surface area contributed by atoms with Gasteiger partial charge in [-0.3, -0.25) is 9.78 Å². The first kappa shape index (κ1) is 18.8. The lowest BCUT2D eigenvalue weighted by Crippen LogP contribution is -2.19. The number of carbonyl (C=O) groups excluding carboxylic acids is 1. The molecule has 0 fully saturated rings. The van der Waals surface area contributed by atoms with Gasteiger partial charge in [0.05, 0.1) is 28.1 Å². The van der Waals surface area contributed by atoms with E-state index in [2.05, 4.69) is 20.6 Å². The summed E-state index contributed by atoms with van der Waals surface area (Å²) in [6.07, 6.45) is 3.08. The smallest absolute Gasteiger partial charge is 0.254 e. The molecule has 0 aliphatic carbocycles. The van der Waals surface area contributed by atoms with E-state index in [-0.39, 0.29) is 5.91 Å². The topological polar surface area (TPSA) is 66.9 Å². The van der Waals surface area contributed by atoms with E-state index in [4.69, 9.17) is 11.6 Å². The molecule has 4 aromatic rings. The number of anilines is 2. The van der Waals surface area contributed by atoms with Crippen molar-refractivity contribution in [2.45, 2.75) is 0 Å². The summed E-state index contributed by atoms with van der Waals surface area (Å²) in [5, 5.41) is 7.13. The molecular weight excluding hydrogens is 391 g/mol. The Morgan fingerprint density at radius 3 is 2.72 bits per heavy atom. The highest BCUT2D eigenvalue weighted by atomic mass is 35.5. The maximum atomic E-state index is 14.4. The van der Waals surface area contributed by atoms with Crippen molar-refractivity contribution in [1.29, 1.82) is 0 Å². The molecule has 0 radical (unpaired) electrons. The number of nitrogens with zero attached hydrogens (tertiary/aromatic N) is 2. The van der Waals surface area contributed by atoms with Gasteiger partial charge in [0.25, 0.3) is 5.91 Å². The maximum Gasteiger partial charge on any atom is 0.254 e. The molecular formula is C22H16ClFN4O. The van der Waals surface area contributed by atoms with E-state index in [1.165, 1.54) is 18.3 Å². The number of halogens is 2. The summed E-state index contributed by atoms with van der Waals surface area (Å²) in [6.45, 7) is 0. The third-order valence-electron chi connectivity index (χ3n) is 4.48. The predicted molar refractivity (Wildman–Crippen MR) is 113 cm³/mol. The molecule has 2 heterocycles. The zero-order valence-corrected chi connectivity index (χ0v) is 16.2. The van der Waals surface area contributed by atoms with Crippen LogP contribution in [0.3, 0.4) is 0 Å². The zero-order chi connectivity index (χ0) is 20.4. The molecule has 4 rings (SSSR count). The van der Waals surface area contributed by atoms with Crippen molar-refractivity contribution in [1.82, 2.24) is 15.3 Å². The second-order valence-corrected chi connectivity index (χ2v) is 6.76. The number of pyridine rings is 2. The first-order valence-electron chi connectivity index (χ1n) is 8.85. The fourth-order valence-corrected chi connectivity index (χ4v) is 3.25. The van der Waals surface area contributed by atoms with Gasteiger partial charge >= 0.3 is 0 Å². The standard InChI is InChI=1S/C22H16ClFN4O/c1-25-22(29)16-12-26-9-8-19(16)28-20-11-21(15-10-13(23)6-7-17(15)24)27-18-5-3-2-4-14(18)20/h2-12H,1H3,(H,25,29)(H,26,27,28). The Bertz CT molecular complexity index is 1230. The average molecular weight is 407 g/mol. The van der Waals surface area contributed by atoms with Gasteiger partial charge in [0.15, 0.2) is 0 Å². The van der Waals surface area contributed by atoms with Crippen molar-refractivity contribution in [3.8, 4) is 11.3 Å². The van der Waals surface area contributed by atoms with Crippen LogP contribution in [0.4, 0.5) is 15.8 Å². The highest BCUT2D eigenvalue weighted by molar-refractivity contribution is 6.30. The normalized spacial score (nSPS) is 10.7. The highest BCUT2D eigenvalue weighted by Gasteiger charge is 2.15. The van der Waals surface area contributed by atoms with E-state index in [9.17, 15) is 9.18 Å². The molecule has 0 aliphatic rings. The number of nitrogens with one attached hydrogen (secondary N) is 2. The van der Waals surface area contributed by atoms with Gasteiger partial charge in [-0.15, -0.1) is 0 Å². The highest BCUT2D eigenvalue weighted by Crippen LogP contribution is 2.33. The van der Waals surface area contributed by atoms with Gasteiger partial charge in [-0.2, -0.15) is 0 Å². The molecule has 2 aromatic carbocycles. The molecule has 2 N–H and O–H groups in total. The number of amides is 1. The molecule has 2 aromatic heterocycles. The molecule has 0 saturated carbocycles. The average Bonchev–Trinajstić information content (AvgIpc) is 2.75. The van der Waals surface area contributed by atoms with Crippen LogP contribution in [0.1, 0.15) is 10.4 Å². The van der Waals surface area contributed by atoms with Crippen molar-refractivity contribution in [3.63, 3.8) is 0 Å². The maximum absolute atomic E-state index is 14.4. The lowest BCUT2D eigenvalue weighted by molar-refractivity contribution is 0.0963. The number of benzene rings is 2. The fraction of sp³-hybridized carbons (Fsp3) is 0.0455. The number of hydrogen-bond acceptors (Lipinski definition) is 4. The third kappa shape index (κ3) is 3.75. The van der Waals surface area contributed by atoms with Crippen LogP contribution in [0.5, 0.6) is 0 Å². The quantitative estimate of drug-likeness (QED) is 0.489. The zero-order valence-electron chi connectivity index (χ0n) is 15.4. The molecule has 0 bridgehead atoms. The molecule has 0 unspecified atom stereocenters. The Kier molecular flexibility index (Phi) is 5.10. The van der Waals surface area contributed by atoms with Crippen molar-refractivity contribution >= 4 is 39.8 Å². The molecule has 0 aliphatic heterocycles. The summed E-state index contributed by atoms with van der Waals surface area (Å²) >= 11 is 6.06. The van der Waals surface area contributed by atoms with E-state index in [0.717, 1.165) is 5.39 Å². The van der Waals surface area contributed by atoms with E-state index < -0.39 is 5.82 Å². The van der Waals surface area contributed by atoms with Crippen LogP contribution in [0, 0.1) is 5.82 Å². The Labute approximate surface area is 171 Å². The number of hydrogen-bond donors (Lipinski definition) is 2. The van der Waals surface area contributed by atoms with Crippen LogP contribution in [0.25, 0.3) is 22.2 Å². The Balaban J connectivity index is 1.89. The molecule has 1 amide bonds. The number of aromatic nitrogens is 2. The SMILES string of the molecule is CNC(=O)c1cnccc1Nc1cc(-c2cc(Cl)ccc2F)nc2ccccc12. The van der Waals surface area contributed by atoms with Gasteiger partial charge in [0.1, 0.15) is 5.82 Å². The Morgan fingerprint density at radius 2 is 1.90 bits per heavy atom. The Hall–Kier alpha value is -3.51. The first-order chi connectivity index (χ1) is 14.1. The van der Waals surface area contributed by atoms with Crippen LogP contribution in [0.15, 0.2) is 67.0 Å². The minimum absolute atomic E-state index is 0.264. The van der Waals surface area contributed by atoms with Gasteiger partial charge in [-0.05, 0) is 36.4 Å². The summed E-state index contributed by atoms with van der Waals surface area (Å²) in [4.78, 5) is 20.8. The van der Waals surface area contributed by atoms with Crippen molar-refractivity contribution < 1.29 is 9.18 Å². The number of fused-ring (bicyclic) bond motifs is 1. The molecule has 29 heavy (non-hydrogen) atoms. The predicted octanol–water partition coefficient (Wildman–Crippen LogP) is 5.19. The van der Waals surface area contributed by atoms with Crippen molar-refractivity contribution in [2.24, 2.45) is 0 Å². The third-order valence-corrected chi connectivity index (χ3v) is 4.72. The second kappa shape index (κ2) is 7.85. The first-order valence-corrected chi connectivity index (χ1v) is 9.23. The molecule has 144 valence electrons. The molecule has 5 nitrogen and oxygen atoms in total. The van der Waals surface area contributed by atoms with Crippen LogP contribution in [0.2, 0.25) is 5.02 Å². The van der Waals surface area contributed by atoms with E-state index >= 15 is 0 Å². The number of carbonyl (C=O) groups is 1. The lowest BCUT2D eigenvalue weighted by Gasteiger charge is -2.15. The fourth-order valence-electron chi connectivity index (χ4n) is 3.07. The van der Waals surface area contributed by atoms with Gasteiger partial charge in [0, 0.05) is 35.4 Å². The van der Waals surface area contributed by atoms with Crippen LogP contribution >= 0.6 is 11.6 Å². The van der Waals surface area contributed by atoms with Gasteiger partial charge in [0.2, 0.25) is 0 Å². The lowest BCUT2D eigenvalue weighted by atomic mass is 10.1. The summed E-state index contributed by atoms with van der Waals surface area (Å²) < 4.78 is 14.4. The minimum Gasteiger partial charge on any atom is -0.355 e. The Morgan fingerprint density at radius 1 is 1.07 bits per heavy atom. The summed E-state index contributed by atoms with van der Waals surface area (Å²) in [5.41, 5.74) is 3.07. The van der Waals surface area contributed by atoms with E-state index in [1.807, 2.05) is 24.3 Å². The minimum atomic E-state index is -0.418. The largest absolute Gasteiger partial charge is 0.355 e. The molecule has 0 atom stereocenters. The van der Waals surface area contributed by atoms with Crippen LogP contribution < -0.4 is 10.6 Å². The monoisotopic (exact) mass is 406 g/mol.